The number of nitrogens with two attached hydrogens (primary N) is 2. The molecule has 0 aliphatic carbocycles. The van der Waals surface area contributed by atoms with Crippen LogP contribution < -0.4 is 32.7 Å². The number of benzene rings is 3. The van der Waals surface area contributed by atoms with E-state index in [1.54, 1.807) is 12.1 Å². The molecule has 47 heavy (non-hydrogen) atoms. The van der Waals surface area contributed by atoms with E-state index in [1.165, 1.54) is 18.2 Å². The van der Waals surface area contributed by atoms with Gasteiger partial charge in [0.15, 0.2) is 0 Å². The first kappa shape index (κ1) is 35.1. The van der Waals surface area contributed by atoms with E-state index >= 15 is 4.39 Å². The number of phenolic OH excluding ortho intramolecular Hbond substituents is 1. The van der Waals surface area contributed by atoms with Gasteiger partial charge in [0.25, 0.3) is 0 Å². The van der Waals surface area contributed by atoms with Crippen LogP contribution in [0.15, 0.2) is 78.6 Å². The van der Waals surface area contributed by atoms with Crippen molar-refractivity contribution >= 4 is 34.4 Å². The van der Waals surface area contributed by atoms with Gasteiger partial charge < -0.3 is 37.8 Å². The van der Waals surface area contributed by atoms with E-state index in [9.17, 15) is 24.3 Å². The SMILES string of the molecule is NCCC[C@@H]1NC(=O)[C@@H](Cc2ccc(O)cc2)NC(=O)CNC(=O)[C@H](Cc2ccc3ccccc3c2)/C=C(\F)[C@H](CCCN)NC1=O. The molecule has 0 spiro atoms. The third kappa shape index (κ3) is 10.3. The molecule has 0 unspecified atom stereocenters. The van der Waals surface area contributed by atoms with Crippen LogP contribution >= 0.6 is 0 Å². The van der Waals surface area contributed by atoms with Crippen molar-refractivity contribution < 1.29 is 28.7 Å². The van der Waals surface area contributed by atoms with Gasteiger partial charge >= 0.3 is 0 Å². The first-order chi connectivity index (χ1) is 22.7. The van der Waals surface area contributed by atoms with Gasteiger partial charge in [0.2, 0.25) is 23.6 Å². The minimum atomic E-state index is -1.13. The van der Waals surface area contributed by atoms with Crippen molar-refractivity contribution in [1.29, 1.82) is 0 Å². The van der Waals surface area contributed by atoms with E-state index in [1.807, 2.05) is 42.5 Å². The average molecular weight is 647 g/mol. The fourth-order valence-electron chi connectivity index (χ4n) is 5.51. The van der Waals surface area contributed by atoms with Crippen molar-refractivity contribution in [2.45, 2.75) is 56.7 Å². The van der Waals surface area contributed by atoms with E-state index < -0.39 is 60.0 Å². The number of hydrogen-bond acceptors (Lipinski definition) is 7. The average Bonchev–Trinajstić information content (AvgIpc) is 3.07. The van der Waals surface area contributed by atoms with Crippen LogP contribution in [0.4, 0.5) is 4.39 Å². The zero-order valence-electron chi connectivity index (χ0n) is 26.2. The van der Waals surface area contributed by atoms with Crippen molar-refractivity contribution in [1.82, 2.24) is 21.3 Å². The Hall–Kier alpha value is -4.81. The molecule has 3 aromatic rings. The normalized spacial score (nSPS) is 22.6. The second-order valence-corrected chi connectivity index (χ2v) is 11.7. The van der Waals surface area contributed by atoms with E-state index in [4.69, 9.17) is 11.5 Å². The van der Waals surface area contributed by atoms with Crippen molar-refractivity contribution in [2.75, 3.05) is 19.6 Å². The van der Waals surface area contributed by atoms with E-state index in [0.717, 1.165) is 16.3 Å². The Morgan fingerprint density at radius 3 is 2.02 bits per heavy atom. The molecule has 0 aromatic heterocycles. The Morgan fingerprint density at radius 2 is 1.32 bits per heavy atom. The fourth-order valence-corrected chi connectivity index (χ4v) is 5.51. The summed E-state index contributed by atoms with van der Waals surface area (Å²) in [4.78, 5) is 53.7. The molecule has 4 rings (SSSR count). The molecule has 0 saturated heterocycles. The van der Waals surface area contributed by atoms with Crippen LogP contribution in [-0.4, -0.2) is 66.5 Å². The zero-order chi connectivity index (χ0) is 33.8. The van der Waals surface area contributed by atoms with Crippen molar-refractivity contribution in [3.05, 3.63) is 89.8 Å². The first-order valence-electron chi connectivity index (χ1n) is 15.9. The van der Waals surface area contributed by atoms with Crippen LogP contribution in [-0.2, 0) is 32.0 Å². The number of phenols is 1. The van der Waals surface area contributed by atoms with E-state index in [2.05, 4.69) is 21.3 Å². The lowest BCUT2D eigenvalue weighted by atomic mass is 9.94. The van der Waals surface area contributed by atoms with Crippen LogP contribution in [0.2, 0.25) is 0 Å². The van der Waals surface area contributed by atoms with Gasteiger partial charge in [-0.2, -0.15) is 0 Å². The summed E-state index contributed by atoms with van der Waals surface area (Å²) in [6.45, 7) is 0.0371. The zero-order valence-corrected chi connectivity index (χ0v) is 26.2. The molecule has 12 heteroatoms. The molecule has 11 nitrogen and oxygen atoms in total. The number of hydrogen-bond donors (Lipinski definition) is 7. The molecular weight excluding hydrogens is 603 g/mol. The molecule has 0 radical (unpaired) electrons. The van der Waals surface area contributed by atoms with Gasteiger partial charge in [-0.25, -0.2) is 4.39 Å². The summed E-state index contributed by atoms with van der Waals surface area (Å²) in [5.41, 5.74) is 12.8. The summed E-state index contributed by atoms with van der Waals surface area (Å²) in [7, 11) is 0. The highest BCUT2D eigenvalue weighted by Gasteiger charge is 2.30. The molecule has 1 aliphatic rings. The largest absolute Gasteiger partial charge is 0.508 e. The smallest absolute Gasteiger partial charge is 0.243 e. The van der Waals surface area contributed by atoms with Gasteiger partial charge in [-0.15, -0.1) is 0 Å². The summed E-state index contributed by atoms with van der Waals surface area (Å²) in [6.07, 6.45) is 2.48. The Balaban J connectivity index is 1.68. The molecule has 1 aliphatic heterocycles. The quantitative estimate of drug-likeness (QED) is 0.175. The Morgan fingerprint density at radius 1 is 0.702 bits per heavy atom. The third-order valence-electron chi connectivity index (χ3n) is 8.09. The molecule has 0 fully saturated rings. The maximum Gasteiger partial charge on any atom is 0.243 e. The highest BCUT2D eigenvalue weighted by atomic mass is 19.1. The highest BCUT2D eigenvalue weighted by Crippen LogP contribution is 2.22. The van der Waals surface area contributed by atoms with Crippen LogP contribution in [0.3, 0.4) is 0 Å². The van der Waals surface area contributed by atoms with Crippen LogP contribution in [0, 0.1) is 5.92 Å². The predicted molar refractivity (Wildman–Crippen MR) is 178 cm³/mol. The van der Waals surface area contributed by atoms with Gasteiger partial charge in [-0.3, -0.25) is 19.2 Å². The maximum atomic E-state index is 16.1. The Labute approximate surface area is 273 Å². The van der Waals surface area contributed by atoms with Crippen molar-refractivity contribution in [3.63, 3.8) is 0 Å². The fraction of sp³-hybridized carbons (Fsp3) is 0.371. The molecule has 0 bridgehead atoms. The first-order valence-corrected chi connectivity index (χ1v) is 15.9. The van der Waals surface area contributed by atoms with E-state index in [0.29, 0.717) is 18.4 Å². The lowest BCUT2D eigenvalue weighted by Crippen LogP contribution is -2.56. The number of aromatic hydroxyl groups is 1. The standard InChI is InChI=1S/C35H43FN6O5/c36-28-20-26(18-23-9-12-24-5-1-2-6-25(24)17-23)33(45)39-21-32(44)40-31(19-22-10-13-27(43)14-11-22)35(47)42-30(8-4-16-38)34(46)41-29(28)7-3-15-37/h1-2,5-6,9-14,17,20,26,29-31,43H,3-4,7-8,15-16,18-19,21,37-38H2,(H,39,45)(H,40,44)(H,41,46)(H,42,47)/b28-20-/t26-,29+,30+,31-/m1/s1. The van der Waals surface area contributed by atoms with Gasteiger partial charge in [-0.05, 0) is 85.3 Å². The Kier molecular flexibility index (Phi) is 12.8. The third-order valence-corrected chi connectivity index (χ3v) is 8.09. The second kappa shape index (κ2) is 17.2. The minimum Gasteiger partial charge on any atom is -0.508 e. The summed E-state index contributed by atoms with van der Waals surface area (Å²) in [5, 5.41) is 22.3. The highest BCUT2D eigenvalue weighted by molar-refractivity contribution is 5.94. The molecule has 3 aromatic carbocycles. The molecule has 1 heterocycles. The number of carbonyl (C=O) groups is 4. The van der Waals surface area contributed by atoms with Crippen molar-refractivity contribution in [2.24, 2.45) is 17.4 Å². The molecule has 9 N–H and O–H groups in total. The number of rotatable bonds is 10. The van der Waals surface area contributed by atoms with Crippen LogP contribution in [0.25, 0.3) is 10.8 Å². The van der Waals surface area contributed by atoms with Gasteiger partial charge in [0.05, 0.1) is 18.5 Å². The van der Waals surface area contributed by atoms with Gasteiger partial charge in [0.1, 0.15) is 23.7 Å². The number of amides is 4. The molecule has 4 amide bonds. The van der Waals surface area contributed by atoms with Crippen LogP contribution in [0.1, 0.15) is 36.8 Å². The minimum absolute atomic E-state index is 0.0359. The van der Waals surface area contributed by atoms with Crippen molar-refractivity contribution in [3.8, 4) is 5.75 Å². The topological polar surface area (TPSA) is 189 Å². The predicted octanol–water partition coefficient (Wildman–Crippen LogP) is 1.86. The summed E-state index contributed by atoms with van der Waals surface area (Å²) in [6, 6.07) is 16.3. The number of halogens is 1. The summed E-state index contributed by atoms with van der Waals surface area (Å²) in [5.74, 6) is -4.22. The molecule has 4 atom stereocenters. The Bertz CT molecular complexity index is 1580. The monoisotopic (exact) mass is 646 g/mol. The summed E-state index contributed by atoms with van der Waals surface area (Å²) >= 11 is 0. The maximum absolute atomic E-state index is 16.1. The van der Waals surface area contributed by atoms with Gasteiger partial charge in [0, 0.05) is 6.42 Å². The summed E-state index contributed by atoms with van der Waals surface area (Å²) < 4.78 is 16.1. The lowest BCUT2D eigenvalue weighted by Gasteiger charge is -2.25. The molecule has 250 valence electrons. The van der Waals surface area contributed by atoms with Crippen LogP contribution in [0.5, 0.6) is 5.75 Å². The van der Waals surface area contributed by atoms with E-state index in [-0.39, 0.29) is 44.5 Å². The molecular formula is C35H43FN6O5. The second-order valence-electron chi connectivity index (χ2n) is 11.7. The van der Waals surface area contributed by atoms with Gasteiger partial charge in [-0.1, -0.05) is 54.6 Å². The lowest BCUT2D eigenvalue weighted by molar-refractivity contribution is -0.132. The number of fused-ring (bicyclic) bond motifs is 1. The number of nitrogens with one attached hydrogen (secondary N) is 4. The molecule has 0 saturated carbocycles. The number of carbonyl (C=O) groups excluding carboxylic acids is 4.